The van der Waals surface area contributed by atoms with Crippen LogP contribution < -0.4 is 10.6 Å². The number of hydrogen-bond acceptors (Lipinski definition) is 5. The number of β-amino-alcohol motifs (C(OH)–C–C–N with tert-alkyl or cyclic N) is 1. The molecule has 1 unspecified atom stereocenters. The molecule has 1 fully saturated rings. The zero-order valence-electron chi connectivity index (χ0n) is 8.50. The van der Waals surface area contributed by atoms with Crippen molar-refractivity contribution in [3.8, 4) is 0 Å². The van der Waals surface area contributed by atoms with E-state index in [1.165, 1.54) is 10.7 Å². The van der Waals surface area contributed by atoms with Gasteiger partial charge in [0.15, 0.2) is 5.65 Å². The van der Waals surface area contributed by atoms with Gasteiger partial charge in [-0.3, -0.25) is 0 Å². The highest BCUT2D eigenvalue weighted by molar-refractivity contribution is 5.50. The van der Waals surface area contributed by atoms with Crippen molar-refractivity contribution in [2.45, 2.75) is 12.5 Å². The number of aliphatic hydroxyl groups excluding tert-OH is 1. The lowest BCUT2D eigenvalue weighted by Crippen LogP contribution is -2.22. The van der Waals surface area contributed by atoms with Gasteiger partial charge in [0, 0.05) is 19.2 Å². The third-order valence-electron chi connectivity index (χ3n) is 2.78. The van der Waals surface area contributed by atoms with Crippen LogP contribution in [0.1, 0.15) is 6.42 Å². The third-order valence-corrected chi connectivity index (χ3v) is 2.78. The van der Waals surface area contributed by atoms with E-state index in [9.17, 15) is 9.90 Å². The highest BCUT2D eigenvalue weighted by atomic mass is 16.3. The number of nitrogens with zero attached hydrogens (tertiary/aromatic N) is 4. The smallest absolute Gasteiger partial charge is 0.348 e. The molecule has 0 aliphatic carbocycles. The Hall–Kier alpha value is -1.89. The molecule has 0 saturated carbocycles. The molecular weight excluding hydrogens is 210 g/mol. The molecule has 1 atom stereocenters. The number of aromatic nitrogens is 4. The normalized spacial score (nSPS) is 20.8. The van der Waals surface area contributed by atoms with E-state index in [-0.39, 0.29) is 11.8 Å². The van der Waals surface area contributed by atoms with Crippen molar-refractivity contribution < 1.29 is 5.11 Å². The summed E-state index contributed by atoms with van der Waals surface area (Å²) >= 11 is 0. The summed E-state index contributed by atoms with van der Waals surface area (Å²) < 4.78 is 1.34. The van der Waals surface area contributed by atoms with Crippen LogP contribution in [0.25, 0.3) is 5.65 Å². The van der Waals surface area contributed by atoms with E-state index in [1.807, 2.05) is 4.90 Å². The van der Waals surface area contributed by atoms with E-state index in [0.717, 1.165) is 18.8 Å². The minimum Gasteiger partial charge on any atom is -0.391 e. The molecule has 3 heterocycles. The second-order valence-corrected chi connectivity index (χ2v) is 3.89. The monoisotopic (exact) mass is 221 g/mol. The van der Waals surface area contributed by atoms with Crippen LogP contribution in [0.2, 0.25) is 0 Å². The van der Waals surface area contributed by atoms with Gasteiger partial charge < -0.3 is 10.0 Å². The van der Waals surface area contributed by atoms with Gasteiger partial charge in [-0.15, -0.1) is 0 Å². The average Bonchev–Trinajstić information content (AvgIpc) is 2.86. The molecule has 1 saturated heterocycles. The number of aromatic amines is 1. The number of rotatable bonds is 1. The van der Waals surface area contributed by atoms with Gasteiger partial charge in [0.1, 0.15) is 12.1 Å². The van der Waals surface area contributed by atoms with E-state index >= 15 is 0 Å². The summed E-state index contributed by atoms with van der Waals surface area (Å²) in [5, 5.41) is 15.7. The number of H-pyrrole nitrogens is 1. The number of fused-ring (bicyclic) bond motifs is 1. The molecular formula is C9H11N5O2. The number of aliphatic hydroxyl groups is 1. The van der Waals surface area contributed by atoms with Gasteiger partial charge in [0.25, 0.3) is 0 Å². The zero-order valence-corrected chi connectivity index (χ0v) is 8.50. The van der Waals surface area contributed by atoms with Crippen LogP contribution in [0.3, 0.4) is 0 Å². The van der Waals surface area contributed by atoms with Crippen LogP contribution in [-0.2, 0) is 0 Å². The molecule has 2 aromatic rings. The summed E-state index contributed by atoms with van der Waals surface area (Å²) in [6, 6.07) is 1.73. The maximum atomic E-state index is 11.2. The van der Waals surface area contributed by atoms with Gasteiger partial charge in [0.2, 0.25) is 0 Å². The van der Waals surface area contributed by atoms with Gasteiger partial charge in [-0.05, 0) is 6.42 Å². The Morgan fingerprint density at radius 2 is 2.44 bits per heavy atom. The van der Waals surface area contributed by atoms with Crippen LogP contribution in [0.15, 0.2) is 17.2 Å². The maximum absolute atomic E-state index is 11.2. The van der Waals surface area contributed by atoms with Crippen molar-refractivity contribution in [3.05, 3.63) is 22.9 Å². The first kappa shape index (κ1) is 9.34. The lowest BCUT2D eigenvalue weighted by atomic mass is 10.3. The molecule has 7 nitrogen and oxygen atoms in total. The molecule has 0 bridgehead atoms. The highest BCUT2D eigenvalue weighted by Gasteiger charge is 2.21. The first-order chi connectivity index (χ1) is 7.74. The predicted molar refractivity (Wildman–Crippen MR) is 56.4 cm³/mol. The van der Waals surface area contributed by atoms with Gasteiger partial charge >= 0.3 is 5.69 Å². The Labute approximate surface area is 90.3 Å². The Bertz CT molecular complexity index is 575. The Morgan fingerprint density at radius 3 is 3.19 bits per heavy atom. The molecule has 2 N–H and O–H groups in total. The van der Waals surface area contributed by atoms with Crippen LogP contribution >= 0.6 is 0 Å². The topological polar surface area (TPSA) is 86.5 Å². The van der Waals surface area contributed by atoms with Gasteiger partial charge in [-0.1, -0.05) is 0 Å². The molecule has 7 heteroatoms. The van der Waals surface area contributed by atoms with E-state index in [2.05, 4.69) is 15.2 Å². The summed E-state index contributed by atoms with van der Waals surface area (Å²) in [5.74, 6) is 0.739. The van der Waals surface area contributed by atoms with E-state index in [1.54, 1.807) is 6.07 Å². The van der Waals surface area contributed by atoms with Crippen LogP contribution in [-0.4, -0.2) is 43.9 Å². The van der Waals surface area contributed by atoms with Gasteiger partial charge in [-0.2, -0.15) is 5.10 Å². The number of hydrogen-bond donors (Lipinski definition) is 2. The van der Waals surface area contributed by atoms with Crippen LogP contribution in [0.4, 0.5) is 5.82 Å². The molecule has 0 amide bonds. The predicted octanol–water partition coefficient (Wildman–Crippen LogP) is -1.01. The average molecular weight is 221 g/mol. The molecule has 16 heavy (non-hydrogen) atoms. The van der Waals surface area contributed by atoms with E-state index in [4.69, 9.17) is 0 Å². The Balaban J connectivity index is 2.02. The second-order valence-electron chi connectivity index (χ2n) is 3.89. The largest absolute Gasteiger partial charge is 0.391 e. The molecule has 0 radical (unpaired) electrons. The van der Waals surface area contributed by atoms with Crippen molar-refractivity contribution in [3.63, 3.8) is 0 Å². The lowest BCUT2D eigenvalue weighted by Gasteiger charge is -2.15. The van der Waals surface area contributed by atoms with E-state index < -0.39 is 0 Å². The fourth-order valence-electron chi connectivity index (χ4n) is 1.92. The zero-order chi connectivity index (χ0) is 11.1. The summed E-state index contributed by atoms with van der Waals surface area (Å²) in [5.41, 5.74) is 0.242. The number of anilines is 1. The third kappa shape index (κ3) is 1.36. The van der Waals surface area contributed by atoms with Crippen molar-refractivity contribution in [1.82, 2.24) is 19.6 Å². The Morgan fingerprint density at radius 1 is 1.56 bits per heavy atom. The molecule has 2 aromatic heterocycles. The van der Waals surface area contributed by atoms with Crippen LogP contribution in [0, 0.1) is 0 Å². The standard InChI is InChI=1S/C9H11N5O2/c15-6-1-2-13(4-6)7-3-8-11-12-9(16)14(8)5-10-7/h3,5-6,15H,1-2,4H2,(H,12,16). The fraction of sp³-hybridized carbons (Fsp3) is 0.444. The van der Waals surface area contributed by atoms with Crippen molar-refractivity contribution >= 4 is 11.5 Å². The van der Waals surface area contributed by atoms with Crippen molar-refractivity contribution in [2.75, 3.05) is 18.0 Å². The second kappa shape index (κ2) is 3.31. The summed E-state index contributed by atoms with van der Waals surface area (Å²) in [7, 11) is 0. The molecule has 1 aliphatic heterocycles. The molecule has 0 spiro atoms. The first-order valence-electron chi connectivity index (χ1n) is 5.10. The van der Waals surface area contributed by atoms with Crippen molar-refractivity contribution in [2.24, 2.45) is 0 Å². The number of nitrogens with one attached hydrogen (secondary N) is 1. The summed E-state index contributed by atoms with van der Waals surface area (Å²) in [4.78, 5) is 17.4. The quantitative estimate of drug-likeness (QED) is 0.644. The SMILES string of the molecule is O=c1[nH]nc2cc(N3CCC(O)C3)ncn12. The van der Waals surface area contributed by atoms with Gasteiger partial charge in [0.05, 0.1) is 6.10 Å². The highest BCUT2D eigenvalue weighted by Crippen LogP contribution is 2.17. The minimum absolute atomic E-state index is 0.292. The van der Waals surface area contributed by atoms with Crippen molar-refractivity contribution in [1.29, 1.82) is 0 Å². The van der Waals surface area contributed by atoms with Gasteiger partial charge in [-0.25, -0.2) is 19.3 Å². The summed E-state index contributed by atoms with van der Waals surface area (Å²) in [6.07, 6.45) is 1.90. The molecule has 3 rings (SSSR count). The maximum Gasteiger partial charge on any atom is 0.348 e. The molecule has 84 valence electrons. The summed E-state index contributed by atoms with van der Waals surface area (Å²) in [6.45, 7) is 1.36. The first-order valence-corrected chi connectivity index (χ1v) is 5.10. The van der Waals surface area contributed by atoms with E-state index in [0.29, 0.717) is 12.2 Å². The minimum atomic E-state index is -0.296. The van der Waals surface area contributed by atoms with Crippen LogP contribution in [0.5, 0.6) is 0 Å². The lowest BCUT2D eigenvalue weighted by molar-refractivity contribution is 0.198. The Kier molecular flexibility index (Phi) is 1.93. The molecule has 0 aromatic carbocycles. The fourth-order valence-corrected chi connectivity index (χ4v) is 1.92. The molecule has 1 aliphatic rings.